The first-order chi connectivity index (χ1) is 9.62. The van der Waals surface area contributed by atoms with E-state index in [0.29, 0.717) is 11.1 Å². The summed E-state index contributed by atoms with van der Waals surface area (Å²) in [5.41, 5.74) is 0.626. The van der Waals surface area contributed by atoms with Crippen molar-refractivity contribution in [2.24, 2.45) is 5.92 Å². The lowest BCUT2D eigenvalue weighted by atomic mass is 9.91. The molecule has 0 spiro atoms. The number of rotatable bonds is 2. The van der Waals surface area contributed by atoms with Crippen molar-refractivity contribution in [1.29, 1.82) is 0 Å². The van der Waals surface area contributed by atoms with E-state index in [1.807, 2.05) is 20.8 Å². The molecule has 1 fully saturated rings. The SMILES string of the molecule is Cc1cc(C2C(C(=O)O)CC(=O)N2C(C)(C)C)ccc1F. The predicted molar refractivity (Wildman–Crippen MR) is 76.2 cm³/mol. The Morgan fingerprint density at radius 1 is 1.38 bits per heavy atom. The van der Waals surface area contributed by atoms with Gasteiger partial charge in [-0.05, 0) is 44.9 Å². The monoisotopic (exact) mass is 293 g/mol. The molecule has 2 atom stereocenters. The Hall–Kier alpha value is -1.91. The van der Waals surface area contributed by atoms with Gasteiger partial charge in [-0.3, -0.25) is 9.59 Å². The highest BCUT2D eigenvalue weighted by atomic mass is 19.1. The zero-order valence-corrected chi connectivity index (χ0v) is 12.7. The van der Waals surface area contributed by atoms with Gasteiger partial charge in [0.05, 0.1) is 12.0 Å². The highest BCUT2D eigenvalue weighted by Crippen LogP contribution is 2.42. The molecule has 114 valence electrons. The van der Waals surface area contributed by atoms with Crippen LogP contribution in [0.5, 0.6) is 0 Å². The largest absolute Gasteiger partial charge is 0.481 e. The van der Waals surface area contributed by atoms with E-state index in [1.165, 1.54) is 6.07 Å². The van der Waals surface area contributed by atoms with Crippen LogP contribution in [0, 0.1) is 18.7 Å². The Kier molecular flexibility index (Phi) is 3.78. The van der Waals surface area contributed by atoms with Crippen LogP contribution < -0.4 is 0 Å². The molecule has 1 heterocycles. The number of likely N-dealkylation sites (tertiary alicyclic amines) is 1. The molecule has 5 heteroatoms. The van der Waals surface area contributed by atoms with Crippen molar-refractivity contribution in [2.45, 2.75) is 45.7 Å². The number of carbonyl (C=O) groups excluding carboxylic acids is 1. The number of halogens is 1. The maximum Gasteiger partial charge on any atom is 0.309 e. The Bertz CT molecular complexity index is 592. The van der Waals surface area contributed by atoms with Gasteiger partial charge in [0.15, 0.2) is 0 Å². The summed E-state index contributed by atoms with van der Waals surface area (Å²) < 4.78 is 13.5. The molecule has 0 aliphatic carbocycles. The van der Waals surface area contributed by atoms with E-state index in [1.54, 1.807) is 24.0 Å². The van der Waals surface area contributed by atoms with Crippen LogP contribution in [-0.2, 0) is 9.59 Å². The maximum absolute atomic E-state index is 13.5. The summed E-state index contributed by atoms with van der Waals surface area (Å²) in [4.78, 5) is 25.4. The number of carboxylic acids is 1. The van der Waals surface area contributed by atoms with E-state index in [9.17, 15) is 19.1 Å². The van der Waals surface area contributed by atoms with E-state index in [-0.39, 0.29) is 18.1 Å². The van der Waals surface area contributed by atoms with Gasteiger partial charge < -0.3 is 10.0 Å². The standard InChI is InChI=1S/C16H20FNO3/c1-9-7-10(5-6-12(9)17)14-11(15(20)21)8-13(19)18(14)16(2,3)4/h5-7,11,14H,8H2,1-4H3,(H,20,21). The molecular formula is C16H20FNO3. The maximum atomic E-state index is 13.5. The van der Waals surface area contributed by atoms with Crippen molar-refractivity contribution in [1.82, 2.24) is 4.90 Å². The zero-order chi connectivity index (χ0) is 15.9. The van der Waals surface area contributed by atoms with Gasteiger partial charge in [-0.15, -0.1) is 0 Å². The first-order valence-corrected chi connectivity index (χ1v) is 6.94. The number of benzene rings is 1. The van der Waals surface area contributed by atoms with Crippen molar-refractivity contribution < 1.29 is 19.1 Å². The minimum absolute atomic E-state index is 0.0201. The predicted octanol–water partition coefficient (Wildman–Crippen LogP) is 2.91. The molecule has 1 amide bonds. The second-order valence-electron chi connectivity index (χ2n) is 6.54. The van der Waals surface area contributed by atoms with Crippen molar-refractivity contribution in [3.8, 4) is 0 Å². The first kappa shape index (κ1) is 15.5. The molecule has 21 heavy (non-hydrogen) atoms. The number of amides is 1. The molecule has 1 aliphatic rings. The van der Waals surface area contributed by atoms with Gasteiger partial charge >= 0.3 is 5.97 Å². The molecule has 1 N–H and O–H groups in total. The minimum atomic E-state index is -0.998. The molecule has 1 saturated heterocycles. The first-order valence-electron chi connectivity index (χ1n) is 6.94. The Labute approximate surface area is 123 Å². The number of carbonyl (C=O) groups is 2. The molecule has 1 aliphatic heterocycles. The van der Waals surface area contributed by atoms with E-state index in [0.717, 1.165) is 0 Å². The van der Waals surface area contributed by atoms with E-state index in [4.69, 9.17) is 0 Å². The van der Waals surface area contributed by atoms with Gasteiger partial charge in [0.25, 0.3) is 0 Å². The minimum Gasteiger partial charge on any atom is -0.481 e. The van der Waals surface area contributed by atoms with Crippen LogP contribution >= 0.6 is 0 Å². The van der Waals surface area contributed by atoms with Crippen LogP contribution in [0.4, 0.5) is 4.39 Å². The molecule has 0 bridgehead atoms. The van der Waals surface area contributed by atoms with Crippen LogP contribution in [0.1, 0.15) is 44.4 Å². The third-order valence-corrected chi connectivity index (χ3v) is 3.89. The van der Waals surface area contributed by atoms with Crippen LogP contribution in [0.3, 0.4) is 0 Å². The smallest absolute Gasteiger partial charge is 0.309 e. The summed E-state index contributed by atoms with van der Waals surface area (Å²) in [5, 5.41) is 9.42. The number of aliphatic carboxylic acids is 1. The molecule has 0 aromatic heterocycles. The molecule has 2 rings (SSSR count). The normalized spacial score (nSPS) is 22.7. The quantitative estimate of drug-likeness (QED) is 0.912. The van der Waals surface area contributed by atoms with Gasteiger partial charge in [-0.25, -0.2) is 4.39 Å². The van der Waals surface area contributed by atoms with Crippen LogP contribution in [-0.4, -0.2) is 27.4 Å². The summed E-state index contributed by atoms with van der Waals surface area (Å²) >= 11 is 0. The van der Waals surface area contributed by atoms with Crippen LogP contribution in [0.2, 0.25) is 0 Å². The summed E-state index contributed by atoms with van der Waals surface area (Å²) in [6.45, 7) is 7.25. The van der Waals surface area contributed by atoms with Crippen molar-refractivity contribution in [3.63, 3.8) is 0 Å². The summed E-state index contributed by atoms with van der Waals surface area (Å²) in [6, 6.07) is 3.97. The van der Waals surface area contributed by atoms with Crippen molar-refractivity contribution >= 4 is 11.9 Å². The second kappa shape index (κ2) is 5.13. The molecular weight excluding hydrogens is 273 g/mol. The van der Waals surface area contributed by atoms with E-state index < -0.39 is 23.5 Å². The lowest BCUT2D eigenvalue weighted by molar-refractivity contribution is -0.142. The number of carboxylic acid groups (broad SMARTS) is 1. The number of nitrogens with zero attached hydrogens (tertiary/aromatic N) is 1. The summed E-state index contributed by atoms with van der Waals surface area (Å²) in [6.07, 6.45) is -0.0201. The van der Waals surface area contributed by atoms with Gasteiger partial charge in [0, 0.05) is 12.0 Å². The van der Waals surface area contributed by atoms with Gasteiger partial charge in [-0.1, -0.05) is 12.1 Å². The zero-order valence-electron chi connectivity index (χ0n) is 12.7. The Balaban J connectivity index is 2.54. The molecule has 0 saturated carbocycles. The fourth-order valence-corrected chi connectivity index (χ4v) is 2.98. The molecule has 2 unspecified atom stereocenters. The number of hydrogen-bond donors (Lipinski definition) is 1. The molecule has 4 nitrogen and oxygen atoms in total. The van der Waals surface area contributed by atoms with Gasteiger partial charge in [0.1, 0.15) is 5.82 Å². The third-order valence-electron chi connectivity index (χ3n) is 3.89. The lowest BCUT2D eigenvalue weighted by Gasteiger charge is -2.38. The number of aryl methyl sites for hydroxylation is 1. The van der Waals surface area contributed by atoms with Crippen LogP contribution in [0.15, 0.2) is 18.2 Å². The van der Waals surface area contributed by atoms with Gasteiger partial charge in [0.2, 0.25) is 5.91 Å². The number of hydrogen-bond acceptors (Lipinski definition) is 2. The molecule has 1 aromatic rings. The fraction of sp³-hybridized carbons (Fsp3) is 0.500. The van der Waals surface area contributed by atoms with Crippen LogP contribution in [0.25, 0.3) is 0 Å². The third kappa shape index (κ3) is 2.77. The van der Waals surface area contributed by atoms with E-state index in [2.05, 4.69) is 0 Å². The van der Waals surface area contributed by atoms with Crippen molar-refractivity contribution in [2.75, 3.05) is 0 Å². The van der Waals surface area contributed by atoms with Gasteiger partial charge in [-0.2, -0.15) is 0 Å². The molecule has 1 aromatic carbocycles. The lowest BCUT2D eigenvalue weighted by Crippen LogP contribution is -2.44. The molecule has 0 radical (unpaired) electrons. The Morgan fingerprint density at radius 2 is 2.00 bits per heavy atom. The highest BCUT2D eigenvalue weighted by Gasteiger charge is 2.48. The highest BCUT2D eigenvalue weighted by molar-refractivity contribution is 5.87. The fourth-order valence-electron chi connectivity index (χ4n) is 2.98. The topological polar surface area (TPSA) is 57.6 Å². The average Bonchev–Trinajstić information content (AvgIpc) is 2.70. The second-order valence-corrected chi connectivity index (χ2v) is 6.54. The summed E-state index contributed by atoms with van der Waals surface area (Å²) in [5.74, 6) is -2.32. The van der Waals surface area contributed by atoms with Crippen molar-refractivity contribution in [3.05, 3.63) is 35.1 Å². The summed E-state index contributed by atoms with van der Waals surface area (Å²) in [7, 11) is 0. The average molecular weight is 293 g/mol. The van der Waals surface area contributed by atoms with E-state index >= 15 is 0 Å². The Morgan fingerprint density at radius 3 is 2.48 bits per heavy atom.